The van der Waals surface area contributed by atoms with Crippen LogP contribution in [-0.4, -0.2) is 38.7 Å². The number of hydrogen-bond acceptors (Lipinski definition) is 2. The van der Waals surface area contributed by atoms with Gasteiger partial charge in [0.1, 0.15) is 6.61 Å². The summed E-state index contributed by atoms with van der Waals surface area (Å²) < 4.78 is 27.9. The molecule has 0 aliphatic heterocycles. The van der Waals surface area contributed by atoms with Crippen LogP contribution >= 0.6 is 0 Å². The van der Waals surface area contributed by atoms with Crippen LogP contribution in [0.5, 0.6) is 0 Å². The van der Waals surface area contributed by atoms with Crippen molar-refractivity contribution in [3.05, 3.63) is 0 Å². The van der Waals surface area contributed by atoms with Gasteiger partial charge in [-0.15, -0.1) is 0 Å². The van der Waals surface area contributed by atoms with Gasteiger partial charge in [-0.25, -0.2) is 8.78 Å². The number of nitrogens with one attached hydrogen (secondary N) is 1. The molecule has 0 heterocycles. The molecule has 0 aromatic rings. The Morgan fingerprint density at radius 1 is 1.47 bits per heavy atom. The Hall–Kier alpha value is -0.910. The fourth-order valence-corrected chi connectivity index (χ4v) is 0.761. The third-order valence-corrected chi connectivity index (χ3v) is 1.42. The maximum Gasteiger partial charge on any atom is 0.261 e. The number of guanidine groups is 1. The predicted octanol–water partition coefficient (Wildman–Crippen LogP) is 0.828. The van der Waals surface area contributed by atoms with Gasteiger partial charge in [0.05, 0.1) is 6.61 Å². The van der Waals surface area contributed by atoms with E-state index in [0.29, 0.717) is 25.0 Å². The Labute approximate surface area is 88.9 Å². The van der Waals surface area contributed by atoms with Gasteiger partial charge in [-0.3, -0.25) is 4.99 Å². The number of nitrogens with two attached hydrogens (primary N) is 1. The molecule has 0 amide bonds. The SMILES string of the molecule is CC(C)CN=C(N)NCCOCC(F)F. The van der Waals surface area contributed by atoms with Crippen molar-refractivity contribution in [1.82, 2.24) is 5.32 Å². The fourth-order valence-electron chi connectivity index (χ4n) is 0.761. The standard InChI is InChI=1S/C9H19F2N3O/c1-7(2)5-14-9(12)13-3-4-15-6-8(10)11/h7-8H,3-6H2,1-2H3,(H3,12,13,14). The lowest BCUT2D eigenvalue weighted by molar-refractivity contribution is 0.0197. The van der Waals surface area contributed by atoms with Crippen molar-refractivity contribution < 1.29 is 13.5 Å². The van der Waals surface area contributed by atoms with Crippen molar-refractivity contribution in [2.24, 2.45) is 16.6 Å². The van der Waals surface area contributed by atoms with Crippen molar-refractivity contribution in [2.75, 3.05) is 26.3 Å². The van der Waals surface area contributed by atoms with Gasteiger partial charge >= 0.3 is 0 Å². The first kappa shape index (κ1) is 14.1. The Balaban J connectivity index is 3.38. The fraction of sp³-hybridized carbons (Fsp3) is 0.889. The second kappa shape index (κ2) is 8.40. The van der Waals surface area contributed by atoms with E-state index in [-0.39, 0.29) is 6.61 Å². The quantitative estimate of drug-likeness (QED) is 0.382. The molecule has 0 spiro atoms. The monoisotopic (exact) mass is 223 g/mol. The zero-order valence-electron chi connectivity index (χ0n) is 9.17. The van der Waals surface area contributed by atoms with Crippen LogP contribution in [0.25, 0.3) is 0 Å². The lowest BCUT2D eigenvalue weighted by atomic mass is 10.2. The first-order chi connectivity index (χ1) is 7.02. The van der Waals surface area contributed by atoms with E-state index in [1.807, 2.05) is 13.8 Å². The van der Waals surface area contributed by atoms with E-state index >= 15 is 0 Å². The molecule has 3 N–H and O–H groups in total. The maximum atomic E-state index is 11.6. The molecule has 0 fully saturated rings. The number of alkyl halides is 2. The van der Waals surface area contributed by atoms with E-state index in [9.17, 15) is 8.78 Å². The second-order valence-electron chi connectivity index (χ2n) is 3.51. The second-order valence-corrected chi connectivity index (χ2v) is 3.51. The molecule has 0 rings (SSSR count). The normalized spacial score (nSPS) is 12.5. The molecule has 4 nitrogen and oxygen atoms in total. The van der Waals surface area contributed by atoms with Crippen LogP contribution < -0.4 is 11.1 Å². The van der Waals surface area contributed by atoms with Crippen molar-refractivity contribution in [3.8, 4) is 0 Å². The van der Waals surface area contributed by atoms with E-state index in [1.54, 1.807) is 0 Å². The predicted molar refractivity (Wildman–Crippen MR) is 56.2 cm³/mol. The summed E-state index contributed by atoms with van der Waals surface area (Å²) in [7, 11) is 0. The number of rotatable bonds is 7. The molecule has 0 radical (unpaired) electrons. The lowest BCUT2D eigenvalue weighted by Crippen LogP contribution is -2.34. The number of ether oxygens (including phenoxy) is 1. The highest BCUT2D eigenvalue weighted by atomic mass is 19.3. The molecule has 0 aromatic carbocycles. The minimum absolute atomic E-state index is 0.197. The molecule has 0 aromatic heterocycles. The smallest absolute Gasteiger partial charge is 0.261 e. The van der Waals surface area contributed by atoms with E-state index in [1.165, 1.54) is 0 Å². The number of halogens is 2. The van der Waals surface area contributed by atoms with Crippen molar-refractivity contribution in [2.45, 2.75) is 20.3 Å². The largest absolute Gasteiger partial charge is 0.374 e. The van der Waals surface area contributed by atoms with Crippen molar-refractivity contribution in [3.63, 3.8) is 0 Å². The van der Waals surface area contributed by atoms with Crippen LogP contribution in [0.1, 0.15) is 13.8 Å². The summed E-state index contributed by atoms with van der Waals surface area (Å²) in [5.41, 5.74) is 5.50. The van der Waals surface area contributed by atoms with E-state index in [0.717, 1.165) is 0 Å². The highest BCUT2D eigenvalue weighted by Crippen LogP contribution is 1.91. The van der Waals surface area contributed by atoms with Crippen LogP contribution in [0.3, 0.4) is 0 Å². The summed E-state index contributed by atoms with van der Waals surface area (Å²) in [4.78, 5) is 4.04. The Morgan fingerprint density at radius 2 is 2.13 bits per heavy atom. The highest BCUT2D eigenvalue weighted by molar-refractivity contribution is 5.77. The van der Waals surface area contributed by atoms with Gasteiger partial charge in [0.15, 0.2) is 5.96 Å². The summed E-state index contributed by atoms with van der Waals surface area (Å²) in [6.45, 7) is 4.76. The van der Waals surface area contributed by atoms with Gasteiger partial charge in [0, 0.05) is 13.1 Å². The van der Waals surface area contributed by atoms with Crippen LogP contribution in [0.15, 0.2) is 4.99 Å². The van der Waals surface area contributed by atoms with Gasteiger partial charge in [-0.05, 0) is 5.92 Å². The van der Waals surface area contributed by atoms with Gasteiger partial charge < -0.3 is 15.8 Å². The van der Waals surface area contributed by atoms with Crippen LogP contribution in [0.4, 0.5) is 8.78 Å². The van der Waals surface area contributed by atoms with Crippen molar-refractivity contribution >= 4 is 5.96 Å². The highest BCUT2D eigenvalue weighted by Gasteiger charge is 2.00. The molecule has 15 heavy (non-hydrogen) atoms. The summed E-state index contributed by atoms with van der Waals surface area (Å²) >= 11 is 0. The van der Waals surface area contributed by atoms with Gasteiger partial charge in [0.25, 0.3) is 6.43 Å². The van der Waals surface area contributed by atoms with Crippen LogP contribution in [0.2, 0.25) is 0 Å². The molecule has 0 aliphatic carbocycles. The third kappa shape index (κ3) is 11.0. The minimum atomic E-state index is -2.42. The van der Waals surface area contributed by atoms with Gasteiger partial charge in [0.2, 0.25) is 0 Å². The molecular weight excluding hydrogens is 204 g/mol. The van der Waals surface area contributed by atoms with Crippen molar-refractivity contribution in [1.29, 1.82) is 0 Å². The number of hydrogen-bond donors (Lipinski definition) is 2. The maximum absolute atomic E-state index is 11.6. The van der Waals surface area contributed by atoms with Crippen LogP contribution in [0, 0.1) is 5.92 Å². The van der Waals surface area contributed by atoms with Gasteiger partial charge in [-0.1, -0.05) is 13.8 Å². The van der Waals surface area contributed by atoms with Crippen LogP contribution in [-0.2, 0) is 4.74 Å². The number of nitrogens with zero attached hydrogens (tertiary/aromatic N) is 1. The zero-order chi connectivity index (χ0) is 11.7. The summed E-state index contributed by atoms with van der Waals surface area (Å²) in [5.74, 6) is 0.768. The molecule has 6 heteroatoms. The molecule has 0 saturated carbocycles. The molecule has 0 bridgehead atoms. The molecule has 0 unspecified atom stereocenters. The topological polar surface area (TPSA) is 59.6 Å². The minimum Gasteiger partial charge on any atom is -0.374 e. The number of aliphatic imine (C=N–C) groups is 1. The molecule has 90 valence electrons. The summed E-state index contributed by atoms with van der Waals surface area (Å²) in [5, 5.41) is 2.77. The van der Waals surface area contributed by atoms with Gasteiger partial charge in [-0.2, -0.15) is 0 Å². The molecule has 0 saturated heterocycles. The summed E-state index contributed by atoms with van der Waals surface area (Å²) in [6.07, 6.45) is -2.42. The molecule has 0 aliphatic rings. The average molecular weight is 223 g/mol. The molecule has 0 atom stereocenters. The third-order valence-electron chi connectivity index (χ3n) is 1.42. The zero-order valence-corrected chi connectivity index (χ0v) is 9.17. The van der Waals surface area contributed by atoms with E-state index in [2.05, 4.69) is 15.0 Å². The first-order valence-electron chi connectivity index (χ1n) is 4.92. The Morgan fingerprint density at radius 3 is 2.67 bits per heavy atom. The summed E-state index contributed by atoms with van der Waals surface area (Å²) in [6, 6.07) is 0. The molecular formula is C9H19F2N3O. The lowest BCUT2D eigenvalue weighted by Gasteiger charge is -2.07. The Kier molecular flexibility index (Phi) is 7.89. The average Bonchev–Trinajstić information content (AvgIpc) is 2.13. The van der Waals surface area contributed by atoms with E-state index < -0.39 is 13.0 Å². The Bertz CT molecular complexity index is 186. The first-order valence-corrected chi connectivity index (χ1v) is 4.92. The van der Waals surface area contributed by atoms with E-state index in [4.69, 9.17) is 5.73 Å².